The number of hydrogen-bond acceptors (Lipinski definition) is 5. The second kappa shape index (κ2) is 6.07. The molecule has 11 heteroatoms. The van der Waals surface area contributed by atoms with Crippen LogP contribution in [0.3, 0.4) is 0 Å². The van der Waals surface area contributed by atoms with Gasteiger partial charge in [-0.15, -0.1) is 23.4 Å². The van der Waals surface area contributed by atoms with Gasteiger partial charge in [0.15, 0.2) is 5.82 Å². The number of alkyl halides is 3. The quantitative estimate of drug-likeness (QED) is 0.792. The van der Waals surface area contributed by atoms with Crippen LogP contribution < -0.4 is 15.4 Å². The Morgan fingerprint density at radius 3 is 2.57 bits per heavy atom. The number of ether oxygens (including phenoxy) is 1. The number of benzene rings is 1. The molecule has 1 heterocycles. The van der Waals surface area contributed by atoms with Gasteiger partial charge in [-0.25, -0.2) is 4.79 Å². The van der Waals surface area contributed by atoms with Crippen LogP contribution in [0.25, 0.3) is 0 Å². The first-order chi connectivity index (χ1) is 9.92. The minimum atomic E-state index is -4.75. The Hall–Kier alpha value is -2.85. The van der Waals surface area contributed by atoms with Gasteiger partial charge in [0.1, 0.15) is 5.75 Å². The van der Waals surface area contributed by atoms with E-state index in [2.05, 4.69) is 36.0 Å². The molecule has 2 rings (SSSR count). The van der Waals surface area contributed by atoms with E-state index in [0.29, 0.717) is 11.5 Å². The second-order valence-electron chi connectivity index (χ2n) is 3.71. The van der Waals surface area contributed by atoms with Crippen molar-refractivity contribution >= 4 is 11.7 Å². The molecule has 0 aliphatic heterocycles. The van der Waals surface area contributed by atoms with Gasteiger partial charge in [-0.2, -0.15) is 5.21 Å². The summed E-state index contributed by atoms with van der Waals surface area (Å²) in [5.41, 5.74) is 0.301. The van der Waals surface area contributed by atoms with Crippen molar-refractivity contribution in [1.82, 2.24) is 25.9 Å². The van der Waals surface area contributed by atoms with E-state index in [4.69, 9.17) is 0 Å². The Kier molecular flexibility index (Phi) is 4.21. The number of anilines is 1. The maximum atomic E-state index is 12.0. The molecule has 2 amide bonds. The zero-order valence-electron chi connectivity index (χ0n) is 10.3. The molecule has 0 saturated carbocycles. The SMILES string of the molecule is O=C(NCc1nn[nH]n1)Nc1ccc(OC(F)(F)F)cc1. The minimum absolute atomic E-state index is 0.0532. The van der Waals surface area contributed by atoms with E-state index in [1.54, 1.807) is 0 Å². The summed E-state index contributed by atoms with van der Waals surface area (Å²) in [6, 6.07) is 4.15. The molecule has 0 atom stereocenters. The Bertz CT molecular complexity index is 584. The highest BCUT2D eigenvalue weighted by molar-refractivity contribution is 5.89. The lowest BCUT2D eigenvalue weighted by atomic mass is 10.3. The molecule has 8 nitrogen and oxygen atoms in total. The Morgan fingerprint density at radius 1 is 1.29 bits per heavy atom. The number of amides is 2. The molecule has 0 spiro atoms. The van der Waals surface area contributed by atoms with Crippen LogP contribution in [0.2, 0.25) is 0 Å². The number of H-pyrrole nitrogens is 1. The fourth-order valence-corrected chi connectivity index (χ4v) is 1.33. The van der Waals surface area contributed by atoms with Crippen molar-refractivity contribution in [1.29, 1.82) is 0 Å². The standard InChI is InChI=1S/C10H9F3N6O2/c11-10(12,13)21-7-3-1-6(2-4-7)15-9(20)14-5-8-16-18-19-17-8/h1-4H,5H2,(H2,14,15,20)(H,16,17,18,19). The van der Waals surface area contributed by atoms with Gasteiger partial charge in [-0.1, -0.05) is 5.21 Å². The predicted octanol–water partition coefficient (Wildman–Crippen LogP) is 1.42. The van der Waals surface area contributed by atoms with Crippen molar-refractivity contribution in [3.05, 3.63) is 30.1 Å². The maximum absolute atomic E-state index is 12.0. The number of carbonyl (C=O) groups is 1. The lowest BCUT2D eigenvalue weighted by Crippen LogP contribution is -2.28. The van der Waals surface area contributed by atoms with Crippen molar-refractivity contribution in [2.45, 2.75) is 12.9 Å². The minimum Gasteiger partial charge on any atom is -0.406 e. The fourth-order valence-electron chi connectivity index (χ4n) is 1.33. The fraction of sp³-hybridized carbons (Fsp3) is 0.200. The van der Waals surface area contributed by atoms with Crippen molar-refractivity contribution in [3.8, 4) is 5.75 Å². The molecular formula is C10H9F3N6O2. The van der Waals surface area contributed by atoms with Crippen LogP contribution in [0.5, 0.6) is 5.75 Å². The van der Waals surface area contributed by atoms with Crippen LogP contribution >= 0.6 is 0 Å². The van der Waals surface area contributed by atoms with Crippen molar-refractivity contribution < 1.29 is 22.7 Å². The number of tetrazole rings is 1. The molecule has 0 fully saturated rings. The molecule has 0 aliphatic carbocycles. The summed E-state index contributed by atoms with van der Waals surface area (Å²) < 4.78 is 39.6. The summed E-state index contributed by atoms with van der Waals surface area (Å²) in [6.07, 6.45) is -4.75. The largest absolute Gasteiger partial charge is 0.573 e. The topological polar surface area (TPSA) is 105 Å². The van der Waals surface area contributed by atoms with Gasteiger partial charge in [0.2, 0.25) is 0 Å². The second-order valence-corrected chi connectivity index (χ2v) is 3.71. The van der Waals surface area contributed by atoms with Gasteiger partial charge in [-0.05, 0) is 24.3 Å². The van der Waals surface area contributed by atoms with Crippen LogP contribution in [0.15, 0.2) is 24.3 Å². The van der Waals surface area contributed by atoms with Crippen LogP contribution in [0.4, 0.5) is 23.7 Å². The normalized spacial score (nSPS) is 11.0. The third-order valence-corrected chi connectivity index (χ3v) is 2.14. The molecule has 1 aromatic carbocycles. The summed E-state index contributed by atoms with van der Waals surface area (Å²) >= 11 is 0. The van der Waals surface area contributed by atoms with E-state index in [1.807, 2.05) is 0 Å². The van der Waals surface area contributed by atoms with Crippen LogP contribution in [-0.4, -0.2) is 33.0 Å². The van der Waals surface area contributed by atoms with Gasteiger partial charge in [0.25, 0.3) is 0 Å². The first-order valence-corrected chi connectivity index (χ1v) is 5.55. The van der Waals surface area contributed by atoms with E-state index < -0.39 is 12.4 Å². The van der Waals surface area contributed by atoms with Crippen LogP contribution in [0, 0.1) is 0 Å². The lowest BCUT2D eigenvalue weighted by Gasteiger charge is -2.10. The Morgan fingerprint density at radius 2 is 2.00 bits per heavy atom. The van der Waals surface area contributed by atoms with E-state index in [9.17, 15) is 18.0 Å². The third kappa shape index (κ3) is 4.97. The molecule has 1 aromatic heterocycles. The number of hydrogen-bond donors (Lipinski definition) is 3. The number of halogens is 3. The Balaban J connectivity index is 1.83. The Labute approximate surface area is 115 Å². The smallest absolute Gasteiger partial charge is 0.406 e. The summed E-state index contributed by atoms with van der Waals surface area (Å²) in [4.78, 5) is 11.5. The lowest BCUT2D eigenvalue weighted by molar-refractivity contribution is -0.274. The van der Waals surface area contributed by atoms with Gasteiger partial charge >= 0.3 is 12.4 Å². The average molecular weight is 302 g/mol. The van der Waals surface area contributed by atoms with Crippen LogP contribution in [0.1, 0.15) is 5.82 Å². The first kappa shape index (κ1) is 14.6. The molecule has 3 N–H and O–H groups in total. The number of aromatic amines is 1. The van der Waals surface area contributed by atoms with Crippen molar-refractivity contribution in [2.24, 2.45) is 0 Å². The summed E-state index contributed by atoms with van der Waals surface area (Å²) in [5, 5.41) is 17.6. The molecule has 0 radical (unpaired) electrons. The monoisotopic (exact) mass is 302 g/mol. The predicted molar refractivity (Wildman–Crippen MR) is 63.2 cm³/mol. The maximum Gasteiger partial charge on any atom is 0.573 e. The number of carbonyl (C=O) groups excluding carboxylic acids is 1. The van der Waals surface area contributed by atoms with Gasteiger partial charge in [0, 0.05) is 5.69 Å². The number of aromatic nitrogens is 4. The molecule has 0 aliphatic rings. The summed E-state index contributed by atoms with van der Waals surface area (Å²) in [6.45, 7) is 0.0532. The molecule has 0 bridgehead atoms. The molecule has 2 aromatic rings. The van der Waals surface area contributed by atoms with Crippen molar-refractivity contribution in [2.75, 3.05) is 5.32 Å². The van der Waals surface area contributed by atoms with E-state index in [1.165, 1.54) is 12.1 Å². The van der Waals surface area contributed by atoms with E-state index >= 15 is 0 Å². The highest BCUT2D eigenvalue weighted by Crippen LogP contribution is 2.23. The molecule has 0 saturated heterocycles. The zero-order valence-corrected chi connectivity index (χ0v) is 10.3. The van der Waals surface area contributed by atoms with Crippen LogP contribution in [-0.2, 0) is 6.54 Å². The van der Waals surface area contributed by atoms with Crippen molar-refractivity contribution in [3.63, 3.8) is 0 Å². The van der Waals surface area contributed by atoms with Gasteiger partial charge < -0.3 is 15.4 Å². The molecular weight excluding hydrogens is 293 g/mol. The number of nitrogens with zero attached hydrogens (tertiary/aromatic N) is 3. The number of rotatable bonds is 4. The molecule has 0 unspecified atom stereocenters. The average Bonchev–Trinajstić information content (AvgIpc) is 2.90. The highest BCUT2D eigenvalue weighted by atomic mass is 19.4. The number of nitrogens with one attached hydrogen (secondary N) is 3. The third-order valence-electron chi connectivity index (χ3n) is 2.14. The first-order valence-electron chi connectivity index (χ1n) is 5.55. The van der Waals surface area contributed by atoms with E-state index in [-0.39, 0.29) is 12.3 Å². The molecule has 21 heavy (non-hydrogen) atoms. The highest BCUT2D eigenvalue weighted by Gasteiger charge is 2.30. The summed E-state index contributed by atoms with van der Waals surface area (Å²) in [7, 11) is 0. The summed E-state index contributed by atoms with van der Waals surface area (Å²) in [5.74, 6) is -0.0840. The zero-order chi connectivity index (χ0) is 15.3. The molecule has 112 valence electrons. The number of urea groups is 1. The van der Waals surface area contributed by atoms with Gasteiger partial charge in [0.05, 0.1) is 6.54 Å². The van der Waals surface area contributed by atoms with Gasteiger partial charge in [-0.3, -0.25) is 0 Å². The van der Waals surface area contributed by atoms with E-state index in [0.717, 1.165) is 12.1 Å².